The molecule has 2 aromatic carbocycles. The van der Waals surface area contributed by atoms with E-state index in [0.29, 0.717) is 10.0 Å². The first kappa shape index (κ1) is 18.5. The molecule has 0 amide bonds. The first-order chi connectivity index (χ1) is 10.8. The summed E-state index contributed by atoms with van der Waals surface area (Å²) < 4.78 is 11.4. The van der Waals surface area contributed by atoms with Gasteiger partial charge in [0.05, 0.1) is 10.0 Å². The lowest BCUT2D eigenvalue weighted by Gasteiger charge is -2.26. The molecule has 0 aliphatic rings. The summed E-state index contributed by atoms with van der Waals surface area (Å²) in [6.45, 7) is 5.92. The quantitative estimate of drug-likeness (QED) is 0.792. The van der Waals surface area contributed by atoms with Crippen molar-refractivity contribution < 1.29 is 4.21 Å². The van der Waals surface area contributed by atoms with Crippen molar-refractivity contribution in [2.24, 2.45) is 0 Å². The molecule has 2 rings (SSSR count). The molecule has 1 unspecified atom stereocenters. The number of hydrogen-bond donors (Lipinski definition) is 1. The number of nitrogens with one attached hydrogen (secondary N) is 1. The van der Waals surface area contributed by atoms with Crippen LogP contribution in [0.1, 0.15) is 25.0 Å². The van der Waals surface area contributed by atoms with Crippen molar-refractivity contribution in [1.82, 2.24) is 5.32 Å². The van der Waals surface area contributed by atoms with Gasteiger partial charge >= 0.3 is 0 Å². The molecule has 0 saturated carbocycles. The topological polar surface area (TPSA) is 29.1 Å². The molecular formula is C18H21Cl2NOS. The molecule has 1 atom stereocenters. The Morgan fingerprint density at radius 2 is 1.70 bits per heavy atom. The molecule has 0 spiro atoms. The van der Waals surface area contributed by atoms with Gasteiger partial charge in [0.1, 0.15) is 0 Å². The zero-order valence-electron chi connectivity index (χ0n) is 13.5. The van der Waals surface area contributed by atoms with E-state index in [2.05, 4.69) is 19.2 Å². The standard InChI is InChI=1S/C18H21Cl2NOS/c1-18(2,14-6-9-16(19)17(20)10-14)12-21-11-13-4-7-15(8-5-13)23(3)22/h4-10,21H,11-12H2,1-3H3. The fourth-order valence-corrected chi connectivity index (χ4v) is 3.15. The fourth-order valence-electron chi connectivity index (χ4n) is 2.34. The normalized spacial score (nSPS) is 13.1. The summed E-state index contributed by atoms with van der Waals surface area (Å²) in [5.41, 5.74) is 2.26. The van der Waals surface area contributed by atoms with Gasteiger partial charge in [-0.15, -0.1) is 0 Å². The molecule has 0 aliphatic carbocycles. The summed E-state index contributed by atoms with van der Waals surface area (Å²) in [5.74, 6) is 0. The maximum absolute atomic E-state index is 11.4. The van der Waals surface area contributed by atoms with Crippen LogP contribution in [0.3, 0.4) is 0 Å². The van der Waals surface area contributed by atoms with Crippen LogP contribution in [-0.2, 0) is 22.8 Å². The van der Waals surface area contributed by atoms with Crippen LogP contribution >= 0.6 is 23.2 Å². The molecule has 23 heavy (non-hydrogen) atoms. The van der Waals surface area contributed by atoms with Crippen molar-refractivity contribution in [3.63, 3.8) is 0 Å². The van der Waals surface area contributed by atoms with Crippen LogP contribution in [0, 0.1) is 0 Å². The van der Waals surface area contributed by atoms with Gasteiger partial charge in [0.15, 0.2) is 0 Å². The molecule has 0 saturated heterocycles. The van der Waals surface area contributed by atoms with E-state index in [-0.39, 0.29) is 5.41 Å². The van der Waals surface area contributed by atoms with Crippen LogP contribution in [0.15, 0.2) is 47.4 Å². The lowest BCUT2D eigenvalue weighted by atomic mass is 9.84. The molecule has 0 bridgehead atoms. The molecule has 5 heteroatoms. The molecule has 1 N–H and O–H groups in total. The van der Waals surface area contributed by atoms with Crippen LogP contribution in [-0.4, -0.2) is 17.0 Å². The van der Waals surface area contributed by atoms with Crippen molar-refractivity contribution in [2.75, 3.05) is 12.8 Å². The highest BCUT2D eigenvalue weighted by atomic mass is 35.5. The van der Waals surface area contributed by atoms with Gasteiger partial charge < -0.3 is 5.32 Å². The highest BCUT2D eigenvalue weighted by Gasteiger charge is 2.21. The Balaban J connectivity index is 1.96. The van der Waals surface area contributed by atoms with Crippen molar-refractivity contribution in [2.45, 2.75) is 30.7 Å². The number of benzene rings is 2. The van der Waals surface area contributed by atoms with Gasteiger partial charge in [0, 0.05) is 40.5 Å². The summed E-state index contributed by atoms with van der Waals surface area (Å²) in [6, 6.07) is 13.6. The predicted octanol–water partition coefficient (Wildman–Crippen LogP) is 4.80. The third-order valence-corrected chi connectivity index (χ3v) is 5.53. The Morgan fingerprint density at radius 1 is 1.04 bits per heavy atom. The van der Waals surface area contributed by atoms with Gasteiger partial charge in [-0.25, -0.2) is 0 Å². The van der Waals surface area contributed by atoms with Crippen molar-refractivity contribution >= 4 is 34.0 Å². The third kappa shape index (κ3) is 5.05. The van der Waals surface area contributed by atoms with E-state index in [1.165, 1.54) is 5.56 Å². The number of hydrogen-bond acceptors (Lipinski definition) is 2. The Bertz CT molecular complexity index is 699. The number of rotatable bonds is 6. The first-order valence-corrected chi connectivity index (χ1v) is 9.69. The van der Waals surface area contributed by atoms with Gasteiger partial charge in [-0.05, 0) is 35.4 Å². The second kappa shape index (κ2) is 7.80. The molecule has 124 valence electrons. The maximum atomic E-state index is 11.4. The average Bonchev–Trinajstić information content (AvgIpc) is 2.50. The minimum Gasteiger partial charge on any atom is -0.312 e. The van der Waals surface area contributed by atoms with E-state index in [1.54, 1.807) is 6.26 Å². The summed E-state index contributed by atoms with van der Waals surface area (Å²) in [6.07, 6.45) is 1.69. The van der Waals surface area contributed by atoms with Crippen LogP contribution in [0.5, 0.6) is 0 Å². The molecule has 0 fully saturated rings. The summed E-state index contributed by atoms with van der Waals surface area (Å²) >= 11 is 12.1. The Labute approximate surface area is 150 Å². The van der Waals surface area contributed by atoms with Crippen LogP contribution < -0.4 is 5.32 Å². The maximum Gasteiger partial charge on any atom is 0.0595 e. The van der Waals surface area contributed by atoms with Crippen molar-refractivity contribution in [1.29, 1.82) is 0 Å². The van der Waals surface area contributed by atoms with Crippen LogP contribution in [0.4, 0.5) is 0 Å². The summed E-state index contributed by atoms with van der Waals surface area (Å²) in [4.78, 5) is 0.852. The van der Waals surface area contributed by atoms with E-state index >= 15 is 0 Å². The van der Waals surface area contributed by atoms with Crippen LogP contribution in [0.25, 0.3) is 0 Å². The first-order valence-electron chi connectivity index (χ1n) is 7.38. The lowest BCUT2D eigenvalue weighted by Crippen LogP contribution is -2.32. The largest absolute Gasteiger partial charge is 0.312 e. The van der Waals surface area contributed by atoms with Gasteiger partial charge in [0.25, 0.3) is 0 Å². The Kier molecular flexibility index (Phi) is 6.26. The van der Waals surface area contributed by atoms with E-state index in [4.69, 9.17) is 23.2 Å². The zero-order valence-corrected chi connectivity index (χ0v) is 15.9. The van der Waals surface area contributed by atoms with Crippen molar-refractivity contribution in [3.05, 3.63) is 63.6 Å². The molecular weight excluding hydrogens is 349 g/mol. The second-order valence-corrected chi connectivity index (χ2v) is 8.41. The smallest absolute Gasteiger partial charge is 0.0595 e. The minimum absolute atomic E-state index is 0.0565. The zero-order chi connectivity index (χ0) is 17.0. The van der Waals surface area contributed by atoms with Gasteiger partial charge in [-0.1, -0.05) is 55.2 Å². The lowest BCUT2D eigenvalue weighted by molar-refractivity contribution is 0.469. The molecule has 2 nitrogen and oxygen atoms in total. The third-order valence-electron chi connectivity index (χ3n) is 3.85. The van der Waals surface area contributed by atoms with E-state index in [0.717, 1.165) is 23.5 Å². The number of halogens is 2. The SMILES string of the molecule is CS(=O)c1ccc(CNCC(C)(C)c2ccc(Cl)c(Cl)c2)cc1. The molecule has 0 aliphatic heterocycles. The van der Waals surface area contributed by atoms with E-state index in [1.807, 2.05) is 42.5 Å². The van der Waals surface area contributed by atoms with Crippen LogP contribution in [0.2, 0.25) is 10.0 Å². The highest BCUT2D eigenvalue weighted by Crippen LogP contribution is 2.29. The molecule has 0 aromatic heterocycles. The van der Waals surface area contributed by atoms with E-state index < -0.39 is 10.8 Å². The van der Waals surface area contributed by atoms with Crippen molar-refractivity contribution in [3.8, 4) is 0 Å². The summed E-state index contributed by atoms with van der Waals surface area (Å²) in [7, 11) is -0.930. The Morgan fingerprint density at radius 3 is 2.26 bits per heavy atom. The van der Waals surface area contributed by atoms with Gasteiger partial charge in [-0.2, -0.15) is 0 Å². The molecule has 0 radical (unpaired) electrons. The monoisotopic (exact) mass is 369 g/mol. The second-order valence-electron chi connectivity index (χ2n) is 6.21. The average molecular weight is 370 g/mol. The predicted molar refractivity (Wildman–Crippen MR) is 100.0 cm³/mol. The molecule has 0 heterocycles. The molecule has 2 aromatic rings. The van der Waals surface area contributed by atoms with Gasteiger partial charge in [-0.3, -0.25) is 4.21 Å². The van der Waals surface area contributed by atoms with Gasteiger partial charge in [0.2, 0.25) is 0 Å². The highest BCUT2D eigenvalue weighted by molar-refractivity contribution is 7.84. The van der Waals surface area contributed by atoms with E-state index in [9.17, 15) is 4.21 Å². The minimum atomic E-state index is -0.930. The Hall–Kier alpha value is -0.870. The fraction of sp³-hybridized carbons (Fsp3) is 0.333. The summed E-state index contributed by atoms with van der Waals surface area (Å²) in [5, 5.41) is 4.63.